The summed E-state index contributed by atoms with van der Waals surface area (Å²) in [5.74, 6) is 0.735. The summed E-state index contributed by atoms with van der Waals surface area (Å²) >= 11 is 0. The lowest BCUT2D eigenvalue weighted by Crippen LogP contribution is -2.22. The average Bonchev–Trinajstić information content (AvgIpc) is 3.47. The molecule has 0 spiro atoms. The van der Waals surface area contributed by atoms with Crippen molar-refractivity contribution in [2.45, 2.75) is 39.3 Å². The highest BCUT2D eigenvalue weighted by Crippen LogP contribution is 2.38. The lowest BCUT2D eigenvalue weighted by Gasteiger charge is -2.16. The van der Waals surface area contributed by atoms with Crippen LogP contribution in [0.15, 0.2) is 42.5 Å². The van der Waals surface area contributed by atoms with E-state index in [4.69, 9.17) is 18.9 Å². The number of carbonyl (C=O) groups excluding carboxylic acids is 1. The van der Waals surface area contributed by atoms with Crippen LogP contribution in [-0.4, -0.2) is 49.8 Å². The Kier molecular flexibility index (Phi) is 7.91. The Bertz CT molecular complexity index is 1200. The van der Waals surface area contributed by atoms with E-state index in [0.717, 1.165) is 27.9 Å². The fourth-order valence-corrected chi connectivity index (χ4v) is 4.29. The fourth-order valence-electron chi connectivity index (χ4n) is 4.29. The highest BCUT2D eigenvalue weighted by Gasteiger charge is 2.22. The predicted octanol–water partition coefficient (Wildman–Crippen LogP) is 5.51. The van der Waals surface area contributed by atoms with Crippen molar-refractivity contribution in [1.82, 2.24) is 4.57 Å². The van der Waals surface area contributed by atoms with Crippen molar-refractivity contribution in [3.8, 4) is 23.1 Å². The van der Waals surface area contributed by atoms with Crippen molar-refractivity contribution in [1.29, 1.82) is 5.26 Å². The zero-order valence-electron chi connectivity index (χ0n) is 20.4. The molecular formula is C27H31N3O5. The van der Waals surface area contributed by atoms with Crippen LogP contribution in [0.5, 0.6) is 5.75 Å². The van der Waals surface area contributed by atoms with E-state index in [0.29, 0.717) is 50.7 Å². The average molecular weight is 478 g/mol. The Balaban J connectivity index is 1.61. The molecule has 4 rings (SSSR count). The Morgan fingerprint density at radius 3 is 2.69 bits per heavy atom. The molecule has 1 aliphatic heterocycles. The van der Waals surface area contributed by atoms with Crippen molar-refractivity contribution in [2.24, 2.45) is 0 Å². The monoisotopic (exact) mass is 477 g/mol. The van der Waals surface area contributed by atoms with Crippen LogP contribution in [0.4, 0.5) is 10.5 Å². The Morgan fingerprint density at radius 1 is 1.23 bits per heavy atom. The maximum atomic E-state index is 12.2. The van der Waals surface area contributed by atoms with Gasteiger partial charge in [-0.1, -0.05) is 12.1 Å². The summed E-state index contributed by atoms with van der Waals surface area (Å²) in [6.07, 6.45) is 0.00357. The first kappa shape index (κ1) is 24.6. The number of fused-ring (bicyclic) bond motifs is 1. The van der Waals surface area contributed by atoms with E-state index >= 15 is 0 Å². The van der Waals surface area contributed by atoms with Crippen molar-refractivity contribution >= 4 is 22.7 Å². The zero-order chi connectivity index (χ0) is 24.8. The quantitative estimate of drug-likeness (QED) is 0.408. The van der Waals surface area contributed by atoms with Crippen LogP contribution >= 0.6 is 0 Å². The smallest absolute Gasteiger partial charge is 0.411 e. The molecule has 35 heavy (non-hydrogen) atoms. The molecule has 1 aromatic heterocycles. The lowest BCUT2D eigenvalue weighted by molar-refractivity contribution is 0.0932. The van der Waals surface area contributed by atoms with Crippen LogP contribution in [0.1, 0.15) is 38.8 Å². The van der Waals surface area contributed by atoms with Gasteiger partial charge in [-0.2, -0.15) is 5.26 Å². The van der Waals surface area contributed by atoms with Gasteiger partial charge in [0.15, 0.2) is 0 Å². The van der Waals surface area contributed by atoms with Gasteiger partial charge in [-0.05, 0) is 50.6 Å². The highest BCUT2D eigenvalue weighted by molar-refractivity contribution is 5.95. The molecule has 0 saturated carbocycles. The molecule has 184 valence electrons. The third kappa shape index (κ3) is 5.59. The summed E-state index contributed by atoms with van der Waals surface area (Å²) in [4.78, 5) is 12.2. The van der Waals surface area contributed by atoms with E-state index in [1.165, 1.54) is 0 Å². The van der Waals surface area contributed by atoms with E-state index in [-0.39, 0.29) is 12.1 Å². The van der Waals surface area contributed by atoms with Gasteiger partial charge in [0, 0.05) is 36.2 Å². The van der Waals surface area contributed by atoms with Gasteiger partial charge in [-0.25, -0.2) is 4.79 Å². The van der Waals surface area contributed by atoms with Gasteiger partial charge in [-0.3, -0.25) is 5.32 Å². The van der Waals surface area contributed by atoms with Gasteiger partial charge in [0.1, 0.15) is 24.5 Å². The van der Waals surface area contributed by atoms with Gasteiger partial charge in [-0.15, -0.1) is 0 Å². The summed E-state index contributed by atoms with van der Waals surface area (Å²) in [5.41, 5.74) is 3.88. The van der Waals surface area contributed by atoms with Crippen LogP contribution in [-0.2, 0) is 14.2 Å². The van der Waals surface area contributed by atoms with Gasteiger partial charge < -0.3 is 23.5 Å². The minimum atomic E-state index is -0.501. The minimum Gasteiger partial charge on any atom is -0.491 e. The molecule has 1 N–H and O–H groups in total. The van der Waals surface area contributed by atoms with Gasteiger partial charge in [0.05, 0.1) is 36.6 Å². The van der Waals surface area contributed by atoms with E-state index in [2.05, 4.69) is 29.8 Å². The van der Waals surface area contributed by atoms with Crippen molar-refractivity contribution < 1.29 is 23.7 Å². The Morgan fingerprint density at radius 2 is 2.03 bits per heavy atom. The molecule has 1 fully saturated rings. The number of ether oxygens (including phenoxy) is 4. The number of nitrogens with one attached hydrogen (secondary N) is 1. The van der Waals surface area contributed by atoms with E-state index in [1.54, 1.807) is 0 Å². The van der Waals surface area contributed by atoms with Crippen LogP contribution in [0.25, 0.3) is 22.2 Å². The molecule has 1 amide bonds. The number of hydrogen-bond donors (Lipinski definition) is 1. The molecule has 2 aromatic carbocycles. The van der Waals surface area contributed by atoms with E-state index in [9.17, 15) is 10.1 Å². The topological polar surface area (TPSA) is 94.7 Å². The number of nitrogens with zero attached hydrogens (tertiary/aromatic N) is 2. The van der Waals surface area contributed by atoms with Gasteiger partial charge >= 0.3 is 6.09 Å². The van der Waals surface area contributed by atoms with Gasteiger partial charge in [0.2, 0.25) is 0 Å². The summed E-state index contributed by atoms with van der Waals surface area (Å²) in [5, 5.41) is 13.7. The molecular weight excluding hydrogens is 446 g/mol. The highest BCUT2D eigenvalue weighted by atomic mass is 16.6. The summed E-state index contributed by atoms with van der Waals surface area (Å²) in [6.45, 7) is 8.81. The number of amides is 1. The molecule has 8 nitrogen and oxygen atoms in total. The number of nitriles is 1. The third-order valence-electron chi connectivity index (χ3n) is 5.87. The van der Waals surface area contributed by atoms with Crippen molar-refractivity contribution in [3.05, 3.63) is 48.0 Å². The minimum absolute atomic E-state index is 0.106. The normalized spacial score (nSPS) is 15.3. The second-order valence-corrected chi connectivity index (χ2v) is 8.62. The molecule has 1 saturated heterocycles. The molecule has 2 heterocycles. The molecule has 0 radical (unpaired) electrons. The number of rotatable bonds is 9. The molecule has 8 heteroatoms. The molecule has 3 aromatic rings. The van der Waals surface area contributed by atoms with Crippen molar-refractivity contribution in [2.75, 3.05) is 38.4 Å². The standard InChI is InChI=1S/C27H31N3O5/c1-4-32-13-14-34-21-9-10-23-24(16-28)26(30(18(2)3)25(23)15-21)19-5-7-20(8-6-19)29-27(31)35-22-11-12-33-17-22/h5-10,15,18,22H,4,11-14,17H2,1-3H3,(H,29,31)/t22-/m1/s1. The molecule has 0 unspecified atom stereocenters. The van der Waals surface area contributed by atoms with Crippen LogP contribution in [0, 0.1) is 11.3 Å². The lowest BCUT2D eigenvalue weighted by atomic mass is 10.1. The Hall–Kier alpha value is -3.54. The number of aromatic nitrogens is 1. The second-order valence-electron chi connectivity index (χ2n) is 8.62. The Labute approximate surface area is 205 Å². The number of anilines is 1. The molecule has 0 aliphatic carbocycles. The van der Waals surface area contributed by atoms with Crippen molar-refractivity contribution in [3.63, 3.8) is 0 Å². The number of benzene rings is 2. The third-order valence-corrected chi connectivity index (χ3v) is 5.87. The molecule has 0 bridgehead atoms. The summed E-state index contributed by atoms with van der Waals surface area (Å²) in [6, 6.07) is 15.7. The number of carbonyl (C=O) groups is 1. The first-order chi connectivity index (χ1) is 17.0. The van der Waals surface area contributed by atoms with Crippen LogP contribution in [0.2, 0.25) is 0 Å². The van der Waals surface area contributed by atoms with Crippen LogP contribution in [0.3, 0.4) is 0 Å². The predicted molar refractivity (Wildman–Crippen MR) is 134 cm³/mol. The fraction of sp³-hybridized carbons (Fsp3) is 0.407. The zero-order valence-corrected chi connectivity index (χ0v) is 20.4. The summed E-state index contributed by atoms with van der Waals surface area (Å²) in [7, 11) is 0. The first-order valence-corrected chi connectivity index (χ1v) is 12.0. The van der Waals surface area contributed by atoms with E-state index in [1.807, 2.05) is 49.4 Å². The van der Waals surface area contributed by atoms with E-state index < -0.39 is 6.09 Å². The maximum absolute atomic E-state index is 12.2. The van der Waals surface area contributed by atoms with Crippen LogP contribution < -0.4 is 10.1 Å². The number of hydrogen-bond acceptors (Lipinski definition) is 6. The largest absolute Gasteiger partial charge is 0.491 e. The second kappa shape index (κ2) is 11.3. The maximum Gasteiger partial charge on any atom is 0.411 e. The SMILES string of the molecule is CCOCCOc1ccc2c(C#N)c(-c3ccc(NC(=O)O[C@@H]4CCOC4)cc3)n(C(C)C)c2c1. The molecule has 1 atom stereocenters. The van der Waals surface area contributed by atoms with Gasteiger partial charge in [0.25, 0.3) is 0 Å². The molecule has 1 aliphatic rings. The summed E-state index contributed by atoms with van der Waals surface area (Å²) < 4.78 is 24.0. The first-order valence-electron chi connectivity index (χ1n) is 12.0.